The highest BCUT2D eigenvalue weighted by molar-refractivity contribution is 4.92. The van der Waals surface area contributed by atoms with Crippen LogP contribution < -0.4 is 5.32 Å². The maximum absolute atomic E-state index is 3.52. The molecule has 124 valence electrons. The van der Waals surface area contributed by atoms with Crippen molar-refractivity contribution in [3.05, 3.63) is 0 Å². The molecule has 2 fully saturated rings. The van der Waals surface area contributed by atoms with Gasteiger partial charge in [-0.1, -0.05) is 46.5 Å². The van der Waals surface area contributed by atoms with Gasteiger partial charge in [-0.3, -0.25) is 4.90 Å². The zero-order valence-electron chi connectivity index (χ0n) is 15.0. The van der Waals surface area contributed by atoms with Crippen molar-refractivity contribution < 1.29 is 0 Å². The monoisotopic (exact) mass is 294 g/mol. The first-order chi connectivity index (χ1) is 10.0. The Kier molecular flexibility index (Phi) is 6.55. The largest absolute Gasteiger partial charge is 0.319 e. The molecule has 2 saturated carbocycles. The number of nitrogens with zero attached hydrogens (tertiary/aromatic N) is 1. The molecule has 0 bridgehead atoms. The third-order valence-electron chi connectivity index (χ3n) is 5.72. The lowest BCUT2D eigenvalue weighted by atomic mass is 9.69. The van der Waals surface area contributed by atoms with Gasteiger partial charge in [0.15, 0.2) is 0 Å². The molecule has 2 nitrogen and oxygen atoms in total. The van der Waals surface area contributed by atoms with Crippen LogP contribution in [0.1, 0.15) is 72.1 Å². The highest BCUT2D eigenvalue weighted by atomic mass is 15.2. The number of nitrogens with one attached hydrogen (secondary N) is 1. The first-order valence-electron chi connectivity index (χ1n) is 9.43. The second-order valence-electron chi connectivity index (χ2n) is 8.49. The molecule has 0 amide bonds. The third kappa shape index (κ3) is 4.96. The van der Waals surface area contributed by atoms with Crippen molar-refractivity contribution in [3.8, 4) is 0 Å². The van der Waals surface area contributed by atoms with Gasteiger partial charge in [0.2, 0.25) is 0 Å². The molecule has 0 heterocycles. The molecular formula is C19H38N2. The van der Waals surface area contributed by atoms with Crippen LogP contribution in [0.3, 0.4) is 0 Å². The summed E-state index contributed by atoms with van der Waals surface area (Å²) in [5.41, 5.74) is 0.532. The van der Waals surface area contributed by atoms with E-state index in [1.807, 2.05) is 0 Å². The standard InChI is InChI=1S/C19H38N2/c1-16(2)13-21(18-9-5-6-10-18)15-19(14-20-4)11-7-8-17(3)12-19/h16-18,20H,5-15H2,1-4H3. The van der Waals surface area contributed by atoms with Gasteiger partial charge in [0.25, 0.3) is 0 Å². The fourth-order valence-corrected chi connectivity index (χ4v) is 5.02. The summed E-state index contributed by atoms with van der Waals surface area (Å²) in [7, 11) is 2.14. The first kappa shape index (κ1) is 17.3. The van der Waals surface area contributed by atoms with Gasteiger partial charge in [-0.15, -0.1) is 0 Å². The van der Waals surface area contributed by atoms with Crippen molar-refractivity contribution in [2.24, 2.45) is 17.3 Å². The first-order valence-corrected chi connectivity index (χ1v) is 9.43. The lowest BCUT2D eigenvalue weighted by Crippen LogP contribution is -2.49. The minimum Gasteiger partial charge on any atom is -0.319 e. The Morgan fingerprint density at radius 3 is 2.43 bits per heavy atom. The maximum atomic E-state index is 3.52. The molecule has 2 aliphatic rings. The fourth-order valence-electron chi connectivity index (χ4n) is 5.02. The van der Waals surface area contributed by atoms with Crippen LogP contribution in [0.25, 0.3) is 0 Å². The van der Waals surface area contributed by atoms with Crippen LogP contribution in [0.2, 0.25) is 0 Å². The normalized spacial score (nSPS) is 31.4. The smallest absolute Gasteiger partial charge is 0.00956 e. The zero-order valence-corrected chi connectivity index (χ0v) is 15.0. The van der Waals surface area contributed by atoms with Gasteiger partial charge >= 0.3 is 0 Å². The fraction of sp³-hybridized carbons (Fsp3) is 1.00. The van der Waals surface area contributed by atoms with E-state index in [9.17, 15) is 0 Å². The number of hydrogen-bond donors (Lipinski definition) is 1. The van der Waals surface area contributed by atoms with Gasteiger partial charge in [0, 0.05) is 25.7 Å². The molecule has 0 aromatic heterocycles. The van der Waals surface area contributed by atoms with Crippen molar-refractivity contribution in [2.75, 3.05) is 26.7 Å². The van der Waals surface area contributed by atoms with Crippen LogP contribution in [0.4, 0.5) is 0 Å². The Hall–Kier alpha value is -0.0800. The Bertz CT molecular complexity index is 292. The van der Waals surface area contributed by atoms with Crippen molar-refractivity contribution in [2.45, 2.75) is 78.2 Å². The molecule has 0 saturated heterocycles. The molecule has 2 aliphatic carbocycles. The molecule has 0 radical (unpaired) electrons. The molecule has 0 aromatic carbocycles. The second-order valence-corrected chi connectivity index (χ2v) is 8.49. The van der Waals surface area contributed by atoms with Crippen LogP contribution in [0, 0.1) is 17.3 Å². The lowest BCUT2D eigenvalue weighted by Gasteiger charge is -2.45. The van der Waals surface area contributed by atoms with Crippen LogP contribution in [0.15, 0.2) is 0 Å². The maximum Gasteiger partial charge on any atom is 0.00956 e. The summed E-state index contributed by atoms with van der Waals surface area (Å²) in [5, 5.41) is 3.52. The minimum absolute atomic E-state index is 0.532. The van der Waals surface area contributed by atoms with E-state index in [-0.39, 0.29) is 0 Å². The van der Waals surface area contributed by atoms with Crippen LogP contribution in [-0.2, 0) is 0 Å². The van der Waals surface area contributed by atoms with E-state index in [1.165, 1.54) is 71.0 Å². The zero-order chi connectivity index (χ0) is 15.3. The average Bonchev–Trinajstić information content (AvgIpc) is 2.91. The van der Waals surface area contributed by atoms with Gasteiger partial charge in [-0.2, -0.15) is 0 Å². The summed E-state index contributed by atoms with van der Waals surface area (Å²) < 4.78 is 0. The summed E-state index contributed by atoms with van der Waals surface area (Å²) in [6, 6.07) is 0.873. The Morgan fingerprint density at radius 2 is 1.86 bits per heavy atom. The molecule has 2 rings (SSSR count). The van der Waals surface area contributed by atoms with Crippen molar-refractivity contribution in [1.29, 1.82) is 0 Å². The van der Waals surface area contributed by atoms with E-state index < -0.39 is 0 Å². The Balaban J connectivity index is 2.06. The average molecular weight is 295 g/mol. The summed E-state index contributed by atoms with van der Waals surface area (Å²) in [4.78, 5) is 2.88. The van der Waals surface area contributed by atoms with E-state index >= 15 is 0 Å². The molecule has 21 heavy (non-hydrogen) atoms. The van der Waals surface area contributed by atoms with E-state index in [0.29, 0.717) is 5.41 Å². The van der Waals surface area contributed by atoms with E-state index in [2.05, 4.69) is 38.0 Å². The molecule has 1 N–H and O–H groups in total. The SMILES string of the molecule is CNCC1(CN(CC(C)C)C2CCCC2)CCCC(C)C1. The molecule has 0 aliphatic heterocycles. The summed E-state index contributed by atoms with van der Waals surface area (Å²) >= 11 is 0. The van der Waals surface area contributed by atoms with Crippen molar-refractivity contribution >= 4 is 0 Å². The van der Waals surface area contributed by atoms with Crippen molar-refractivity contribution in [3.63, 3.8) is 0 Å². The van der Waals surface area contributed by atoms with Gasteiger partial charge in [-0.25, -0.2) is 0 Å². The lowest BCUT2D eigenvalue weighted by molar-refractivity contribution is 0.0530. The van der Waals surface area contributed by atoms with E-state index in [1.54, 1.807) is 0 Å². The van der Waals surface area contributed by atoms with Gasteiger partial charge in [0.05, 0.1) is 0 Å². The predicted molar refractivity (Wildman–Crippen MR) is 92.7 cm³/mol. The van der Waals surface area contributed by atoms with Gasteiger partial charge in [0.1, 0.15) is 0 Å². The van der Waals surface area contributed by atoms with Gasteiger partial charge in [-0.05, 0) is 50.0 Å². The quantitative estimate of drug-likeness (QED) is 0.753. The highest BCUT2D eigenvalue weighted by Crippen LogP contribution is 2.41. The predicted octanol–water partition coefficient (Wildman–Crippen LogP) is 4.30. The molecule has 0 aromatic rings. The van der Waals surface area contributed by atoms with Crippen LogP contribution in [-0.4, -0.2) is 37.6 Å². The summed E-state index contributed by atoms with van der Waals surface area (Å²) in [5.74, 6) is 1.70. The molecular weight excluding hydrogens is 256 g/mol. The van der Waals surface area contributed by atoms with E-state index in [0.717, 1.165) is 17.9 Å². The second kappa shape index (κ2) is 7.97. The Labute approximate surface area is 133 Å². The number of hydrogen-bond acceptors (Lipinski definition) is 2. The summed E-state index contributed by atoms with van der Waals surface area (Å²) in [6.45, 7) is 11.1. The third-order valence-corrected chi connectivity index (χ3v) is 5.72. The van der Waals surface area contributed by atoms with Crippen LogP contribution >= 0.6 is 0 Å². The molecule has 0 spiro atoms. The minimum atomic E-state index is 0.532. The molecule has 2 unspecified atom stereocenters. The molecule has 2 heteroatoms. The number of rotatable bonds is 7. The Morgan fingerprint density at radius 1 is 1.14 bits per heavy atom. The van der Waals surface area contributed by atoms with Gasteiger partial charge < -0.3 is 5.32 Å². The van der Waals surface area contributed by atoms with Crippen LogP contribution in [0.5, 0.6) is 0 Å². The van der Waals surface area contributed by atoms with E-state index in [4.69, 9.17) is 0 Å². The van der Waals surface area contributed by atoms with Crippen molar-refractivity contribution in [1.82, 2.24) is 10.2 Å². The molecule has 2 atom stereocenters. The topological polar surface area (TPSA) is 15.3 Å². The highest BCUT2D eigenvalue weighted by Gasteiger charge is 2.38. The summed E-state index contributed by atoms with van der Waals surface area (Å²) in [6.07, 6.45) is 11.5.